The Morgan fingerprint density at radius 3 is 0.920 bits per heavy atom. The summed E-state index contributed by atoms with van der Waals surface area (Å²) in [5.41, 5.74) is 11.6. The predicted octanol–water partition coefficient (Wildman–Crippen LogP) is -8.19. The van der Waals surface area contributed by atoms with Crippen molar-refractivity contribution in [2.45, 2.75) is 25.7 Å². The molecule has 0 unspecified atom stereocenters. The van der Waals surface area contributed by atoms with Crippen LogP contribution in [-0.2, 0) is 46.8 Å². The van der Waals surface area contributed by atoms with Crippen LogP contribution in [0.5, 0.6) is 0 Å². The monoisotopic (exact) mass is 458 g/mol. The van der Waals surface area contributed by atoms with E-state index in [1.165, 1.54) is 0 Å². The van der Waals surface area contributed by atoms with Crippen molar-refractivity contribution >= 4 is 0 Å². The van der Waals surface area contributed by atoms with E-state index in [0.717, 1.165) is 51.9 Å². The van der Waals surface area contributed by atoms with E-state index in [9.17, 15) is 0 Å². The maximum atomic E-state index is 5.26. The molecule has 10 nitrogen and oxygen atoms in total. The molecule has 1 fully saturated rings. The Labute approximate surface area is 172 Å². The van der Waals surface area contributed by atoms with Gasteiger partial charge in [-0.15, -0.1) is 0 Å². The number of hydrogen-bond donors (Lipinski definition) is 4. The maximum absolute atomic E-state index is 5.26. The van der Waals surface area contributed by atoms with Crippen LogP contribution in [0.25, 0.3) is 0 Å². The molecule has 0 aromatic heterocycles. The standard InChI is InChI=1S/C12H28N4O4.2ClH.Ni.2H2O/c1-5-13-17-9-3-11-19-15-7-2-8-16-20-12-4-10-18-14-6-1;;;;;/h13-16H,1-12H2;2*1H;;2*1H2/q;;;+2;;. The topological polar surface area (TPSA) is 151 Å². The molecule has 0 radical (unpaired) electrons. The largest absolute Gasteiger partial charge is 2.00 e. The van der Waals surface area contributed by atoms with Crippen molar-refractivity contribution < 1.29 is 71.6 Å². The zero-order valence-corrected chi connectivity index (χ0v) is 16.8. The van der Waals surface area contributed by atoms with E-state index in [-0.39, 0.29) is 52.3 Å². The number of halogens is 2. The van der Waals surface area contributed by atoms with E-state index >= 15 is 0 Å². The predicted molar refractivity (Wildman–Crippen MR) is 84.0 cm³/mol. The van der Waals surface area contributed by atoms with Gasteiger partial charge < -0.3 is 55.1 Å². The SMILES string of the molecule is C1CNOCCCONCCCNOCCCONC1.[Cl-].[Cl-].[Ni+2].[OH3+].[OH3+]. The van der Waals surface area contributed by atoms with Gasteiger partial charge in [0, 0.05) is 26.2 Å². The summed E-state index contributed by atoms with van der Waals surface area (Å²) in [7, 11) is 0. The van der Waals surface area contributed by atoms with Crippen molar-refractivity contribution in [1.82, 2.24) is 21.9 Å². The smallest absolute Gasteiger partial charge is 1.00 e. The minimum atomic E-state index is 0. The number of hydrogen-bond acceptors (Lipinski definition) is 8. The van der Waals surface area contributed by atoms with Crippen molar-refractivity contribution in [3.63, 3.8) is 0 Å². The Morgan fingerprint density at radius 2 is 0.680 bits per heavy atom. The summed E-state index contributed by atoms with van der Waals surface area (Å²) < 4.78 is 0. The summed E-state index contributed by atoms with van der Waals surface area (Å²) in [6, 6.07) is 0. The van der Waals surface area contributed by atoms with E-state index in [2.05, 4.69) is 21.9 Å². The molecule has 1 saturated heterocycles. The summed E-state index contributed by atoms with van der Waals surface area (Å²) >= 11 is 0. The van der Waals surface area contributed by atoms with Crippen molar-refractivity contribution in [3.05, 3.63) is 0 Å². The Balaban J connectivity index is -0.000000267. The van der Waals surface area contributed by atoms with Gasteiger partial charge in [0.1, 0.15) is 0 Å². The minimum absolute atomic E-state index is 0. The van der Waals surface area contributed by atoms with Gasteiger partial charge in [-0.05, 0) is 25.7 Å². The summed E-state index contributed by atoms with van der Waals surface area (Å²) in [4.78, 5) is 21.1. The first-order valence-electron chi connectivity index (χ1n) is 7.39. The molecular formula is C12H34Cl2N4NiO6+2. The third kappa shape index (κ3) is 29.7. The Morgan fingerprint density at radius 1 is 0.440 bits per heavy atom. The molecule has 1 rings (SSSR count). The molecule has 0 aromatic carbocycles. The minimum Gasteiger partial charge on any atom is -1.00 e. The van der Waals surface area contributed by atoms with Crippen molar-refractivity contribution in [2.75, 3.05) is 52.6 Å². The summed E-state index contributed by atoms with van der Waals surface area (Å²) in [5.74, 6) is 0. The molecule has 0 amide bonds. The second-order valence-corrected chi connectivity index (χ2v) is 4.39. The number of nitrogens with one attached hydrogen (secondary N) is 4. The van der Waals surface area contributed by atoms with Gasteiger partial charge >= 0.3 is 16.5 Å². The molecule has 0 aliphatic carbocycles. The van der Waals surface area contributed by atoms with Gasteiger partial charge in [-0.3, -0.25) is 0 Å². The quantitative estimate of drug-likeness (QED) is 0.206. The Kier molecular flexibility index (Phi) is 47.3. The van der Waals surface area contributed by atoms with Gasteiger partial charge in [-0.2, -0.15) is 0 Å². The van der Waals surface area contributed by atoms with Crippen LogP contribution in [0, 0.1) is 0 Å². The molecule has 160 valence electrons. The fraction of sp³-hybridized carbons (Fsp3) is 1.00. The second-order valence-electron chi connectivity index (χ2n) is 4.39. The fourth-order valence-electron chi connectivity index (χ4n) is 1.45. The number of hydroxylamine groups is 4. The van der Waals surface area contributed by atoms with Crippen LogP contribution in [0.15, 0.2) is 0 Å². The van der Waals surface area contributed by atoms with E-state index in [1.807, 2.05) is 0 Å². The van der Waals surface area contributed by atoms with Crippen LogP contribution in [0.3, 0.4) is 0 Å². The molecule has 1 aliphatic heterocycles. The first-order chi connectivity index (χ1) is 10.0. The molecule has 25 heavy (non-hydrogen) atoms. The average molecular weight is 460 g/mol. The van der Waals surface area contributed by atoms with Gasteiger partial charge in [0.2, 0.25) is 0 Å². The molecule has 1 aliphatic rings. The molecule has 0 atom stereocenters. The van der Waals surface area contributed by atoms with Crippen LogP contribution < -0.4 is 46.7 Å². The summed E-state index contributed by atoms with van der Waals surface area (Å²) in [5, 5.41) is 0. The first-order valence-corrected chi connectivity index (χ1v) is 7.39. The zero-order chi connectivity index (χ0) is 14.1. The fourth-order valence-corrected chi connectivity index (χ4v) is 1.45. The normalized spacial score (nSPS) is 19.2. The van der Waals surface area contributed by atoms with Crippen LogP contribution in [0.1, 0.15) is 25.7 Å². The van der Waals surface area contributed by atoms with E-state index in [4.69, 9.17) is 19.4 Å². The van der Waals surface area contributed by atoms with Crippen LogP contribution in [0.4, 0.5) is 0 Å². The van der Waals surface area contributed by atoms with Gasteiger partial charge in [0.15, 0.2) is 0 Å². The van der Waals surface area contributed by atoms with E-state index < -0.39 is 0 Å². The van der Waals surface area contributed by atoms with Crippen molar-refractivity contribution in [2.24, 2.45) is 0 Å². The van der Waals surface area contributed by atoms with Crippen molar-refractivity contribution in [3.8, 4) is 0 Å². The Hall–Kier alpha value is 0.674. The van der Waals surface area contributed by atoms with Gasteiger partial charge in [-0.1, -0.05) is 0 Å². The van der Waals surface area contributed by atoms with E-state index in [1.54, 1.807) is 0 Å². The molecule has 1 heterocycles. The molecule has 13 heteroatoms. The molecule has 0 saturated carbocycles. The molecule has 0 spiro atoms. The molecule has 10 N–H and O–H groups in total. The zero-order valence-electron chi connectivity index (χ0n) is 14.3. The van der Waals surface area contributed by atoms with Gasteiger partial charge in [-0.25, -0.2) is 21.9 Å². The van der Waals surface area contributed by atoms with Crippen LogP contribution >= 0.6 is 0 Å². The first kappa shape index (κ1) is 36.6. The van der Waals surface area contributed by atoms with Gasteiger partial charge in [0.05, 0.1) is 26.4 Å². The molecule has 0 aromatic rings. The second kappa shape index (κ2) is 32.4. The third-order valence-electron chi connectivity index (χ3n) is 2.51. The van der Waals surface area contributed by atoms with E-state index in [0.29, 0.717) is 26.4 Å². The summed E-state index contributed by atoms with van der Waals surface area (Å²) in [6.45, 7) is 5.74. The molecular weight excluding hydrogens is 426 g/mol. The van der Waals surface area contributed by atoms with Crippen molar-refractivity contribution in [1.29, 1.82) is 0 Å². The average Bonchev–Trinajstić information content (AvgIpc) is 2.46. The third-order valence-corrected chi connectivity index (χ3v) is 2.51. The maximum Gasteiger partial charge on any atom is 2.00 e. The Bertz CT molecular complexity index is 134. The van der Waals surface area contributed by atoms with Crippen LogP contribution in [-0.4, -0.2) is 52.6 Å². The van der Waals surface area contributed by atoms with Gasteiger partial charge in [0.25, 0.3) is 0 Å². The molecule has 0 bridgehead atoms. The number of rotatable bonds is 0. The van der Waals surface area contributed by atoms with Crippen LogP contribution in [0.2, 0.25) is 0 Å². The summed E-state index contributed by atoms with van der Waals surface area (Å²) in [6.07, 6.45) is 3.58.